The predicted molar refractivity (Wildman–Crippen MR) is 103 cm³/mol. The molecule has 1 unspecified atom stereocenters. The Morgan fingerprint density at radius 1 is 1.14 bits per heavy atom. The van der Waals surface area contributed by atoms with Crippen molar-refractivity contribution in [3.05, 3.63) is 62.7 Å². The molecule has 0 heterocycles. The Labute approximate surface area is 150 Å². The molecular weight excluding hydrogens is 413 g/mol. The van der Waals surface area contributed by atoms with Crippen LogP contribution in [0.1, 0.15) is 12.5 Å². The van der Waals surface area contributed by atoms with Crippen LogP contribution in [0.25, 0.3) is 0 Å². The van der Waals surface area contributed by atoms with E-state index in [1.165, 1.54) is 9.13 Å². The highest BCUT2D eigenvalue weighted by molar-refractivity contribution is 14.1. The van der Waals surface area contributed by atoms with E-state index in [4.69, 9.17) is 11.6 Å². The summed E-state index contributed by atoms with van der Waals surface area (Å²) in [5.41, 5.74) is 1.38. The van der Waals surface area contributed by atoms with Gasteiger partial charge in [0.1, 0.15) is 0 Å². The van der Waals surface area contributed by atoms with E-state index in [1.807, 2.05) is 30.0 Å². The minimum absolute atomic E-state index is 0.455. The molecular formula is C17H19ClINS. The zero-order valence-electron chi connectivity index (χ0n) is 12.0. The second-order valence-electron chi connectivity index (χ2n) is 4.83. The molecule has 0 aliphatic carbocycles. The molecule has 4 heteroatoms. The van der Waals surface area contributed by atoms with E-state index in [0.29, 0.717) is 6.04 Å². The first-order valence-electron chi connectivity index (χ1n) is 7.04. The third-order valence-electron chi connectivity index (χ3n) is 3.16. The van der Waals surface area contributed by atoms with Gasteiger partial charge in [0, 0.05) is 20.3 Å². The van der Waals surface area contributed by atoms with Crippen LogP contribution in [0, 0.1) is 3.57 Å². The molecule has 0 saturated heterocycles. The molecule has 1 atom stereocenters. The molecule has 0 aliphatic rings. The van der Waals surface area contributed by atoms with Gasteiger partial charge in [0.25, 0.3) is 0 Å². The number of hydrogen-bond donors (Lipinski definition) is 1. The molecule has 0 aliphatic heterocycles. The summed E-state index contributed by atoms with van der Waals surface area (Å²) in [6, 6.07) is 17.3. The minimum atomic E-state index is 0.455. The highest BCUT2D eigenvalue weighted by Crippen LogP contribution is 2.27. The van der Waals surface area contributed by atoms with Crippen molar-refractivity contribution in [3.8, 4) is 0 Å². The third kappa shape index (κ3) is 5.81. The van der Waals surface area contributed by atoms with Crippen molar-refractivity contribution in [1.29, 1.82) is 0 Å². The minimum Gasteiger partial charge on any atom is -0.313 e. The van der Waals surface area contributed by atoms with Crippen molar-refractivity contribution in [1.82, 2.24) is 5.32 Å². The monoisotopic (exact) mass is 431 g/mol. The normalized spacial score (nSPS) is 12.3. The first-order valence-corrected chi connectivity index (χ1v) is 9.48. The molecule has 2 aromatic rings. The number of likely N-dealkylation sites (N-methyl/N-ethyl adjacent to an activating group) is 1. The molecule has 0 amide bonds. The molecule has 0 aromatic heterocycles. The van der Waals surface area contributed by atoms with Crippen molar-refractivity contribution in [3.63, 3.8) is 0 Å². The Morgan fingerprint density at radius 2 is 1.86 bits per heavy atom. The third-order valence-corrected chi connectivity index (χ3v) is 5.56. The van der Waals surface area contributed by atoms with Crippen LogP contribution in [-0.2, 0) is 6.42 Å². The summed E-state index contributed by atoms with van der Waals surface area (Å²) < 4.78 is 1.28. The van der Waals surface area contributed by atoms with Crippen molar-refractivity contribution in [2.75, 3.05) is 12.3 Å². The van der Waals surface area contributed by atoms with E-state index in [-0.39, 0.29) is 0 Å². The van der Waals surface area contributed by atoms with Gasteiger partial charge in [0.05, 0.1) is 5.02 Å². The van der Waals surface area contributed by atoms with Gasteiger partial charge in [-0.25, -0.2) is 0 Å². The molecule has 0 saturated carbocycles. The summed E-state index contributed by atoms with van der Waals surface area (Å²) in [5, 5.41) is 4.41. The zero-order valence-corrected chi connectivity index (χ0v) is 15.7. The predicted octanol–water partition coefficient (Wildman–Crippen LogP) is 5.26. The fraction of sp³-hybridized carbons (Fsp3) is 0.294. The molecule has 0 bridgehead atoms. The fourth-order valence-corrected chi connectivity index (χ4v) is 3.79. The lowest BCUT2D eigenvalue weighted by Crippen LogP contribution is -2.33. The number of rotatable bonds is 7. The van der Waals surface area contributed by atoms with Crippen LogP contribution in [0.5, 0.6) is 0 Å². The van der Waals surface area contributed by atoms with Crippen molar-refractivity contribution < 1.29 is 0 Å². The van der Waals surface area contributed by atoms with E-state index in [1.54, 1.807) is 0 Å². The van der Waals surface area contributed by atoms with Gasteiger partial charge in [-0.2, -0.15) is 0 Å². The van der Waals surface area contributed by atoms with E-state index in [0.717, 1.165) is 28.6 Å². The average Bonchev–Trinajstić information content (AvgIpc) is 2.49. The van der Waals surface area contributed by atoms with Crippen molar-refractivity contribution >= 4 is 46.0 Å². The molecule has 112 valence electrons. The van der Waals surface area contributed by atoms with Gasteiger partial charge in [-0.3, -0.25) is 0 Å². The van der Waals surface area contributed by atoms with Gasteiger partial charge in [0.2, 0.25) is 0 Å². The standard InChI is InChI=1S/C17H19ClINS/c1-2-20-15(11-13-7-9-14(19)10-8-13)12-21-17-6-4-3-5-16(17)18/h3-10,15,20H,2,11-12H2,1H3. The Balaban J connectivity index is 1.95. The van der Waals surface area contributed by atoms with Crippen LogP contribution in [-0.4, -0.2) is 18.3 Å². The molecule has 1 nitrogen and oxygen atoms in total. The maximum atomic E-state index is 6.22. The fourth-order valence-electron chi connectivity index (χ4n) is 2.14. The van der Waals surface area contributed by atoms with E-state index >= 15 is 0 Å². The van der Waals surface area contributed by atoms with Gasteiger partial charge >= 0.3 is 0 Å². The van der Waals surface area contributed by atoms with Crippen LogP contribution < -0.4 is 5.32 Å². The molecule has 21 heavy (non-hydrogen) atoms. The summed E-state index contributed by atoms with van der Waals surface area (Å²) in [6.07, 6.45) is 1.04. The smallest absolute Gasteiger partial charge is 0.0541 e. The number of benzene rings is 2. The van der Waals surface area contributed by atoms with Gasteiger partial charge < -0.3 is 5.32 Å². The first kappa shape index (κ1) is 17.1. The van der Waals surface area contributed by atoms with E-state index < -0.39 is 0 Å². The Kier molecular flexibility index (Phi) is 7.37. The molecule has 2 aromatic carbocycles. The maximum absolute atomic E-state index is 6.22. The second-order valence-corrected chi connectivity index (χ2v) is 7.54. The largest absolute Gasteiger partial charge is 0.313 e. The summed E-state index contributed by atoms with van der Waals surface area (Å²) in [4.78, 5) is 1.16. The second kappa shape index (κ2) is 9.03. The van der Waals surface area contributed by atoms with Gasteiger partial charge in [-0.05, 0) is 65.4 Å². The van der Waals surface area contributed by atoms with Crippen LogP contribution in [0.3, 0.4) is 0 Å². The van der Waals surface area contributed by atoms with Crippen LogP contribution in [0.4, 0.5) is 0 Å². The lowest BCUT2D eigenvalue weighted by atomic mass is 10.1. The molecule has 0 radical (unpaired) electrons. The van der Waals surface area contributed by atoms with E-state index in [9.17, 15) is 0 Å². The van der Waals surface area contributed by atoms with Crippen LogP contribution >= 0.6 is 46.0 Å². The molecule has 1 N–H and O–H groups in total. The number of hydrogen-bond acceptors (Lipinski definition) is 2. The van der Waals surface area contributed by atoms with Gasteiger partial charge in [0.15, 0.2) is 0 Å². The maximum Gasteiger partial charge on any atom is 0.0541 e. The van der Waals surface area contributed by atoms with Crippen LogP contribution in [0.2, 0.25) is 5.02 Å². The quantitative estimate of drug-likeness (QED) is 0.474. The average molecular weight is 432 g/mol. The molecule has 2 rings (SSSR count). The summed E-state index contributed by atoms with van der Waals surface area (Å²) in [6.45, 7) is 3.14. The van der Waals surface area contributed by atoms with Gasteiger partial charge in [-0.1, -0.05) is 42.8 Å². The highest BCUT2D eigenvalue weighted by atomic mass is 127. The Bertz CT molecular complexity index is 559. The van der Waals surface area contributed by atoms with Gasteiger partial charge in [-0.15, -0.1) is 11.8 Å². The topological polar surface area (TPSA) is 12.0 Å². The highest BCUT2D eigenvalue weighted by Gasteiger charge is 2.10. The van der Waals surface area contributed by atoms with Crippen molar-refractivity contribution in [2.45, 2.75) is 24.3 Å². The number of halogens is 2. The Hall–Kier alpha value is -0.230. The molecule has 0 spiro atoms. The number of thioether (sulfide) groups is 1. The summed E-state index contributed by atoms with van der Waals surface area (Å²) in [5.74, 6) is 1.02. The zero-order chi connectivity index (χ0) is 15.1. The summed E-state index contributed by atoms with van der Waals surface area (Å²) >= 11 is 10.4. The Morgan fingerprint density at radius 3 is 2.52 bits per heavy atom. The van der Waals surface area contributed by atoms with E-state index in [2.05, 4.69) is 65.2 Å². The lowest BCUT2D eigenvalue weighted by molar-refractivity contribution is 0.572. The van der Waals surface area contributed by atoms with Crippen molar-refractivity contribution in [2.24, 2.45) is 0 Å². The summed E-state index contributed by atoms with van der Waals surface area (Å²) in [7, 11) is 0. The number of nitrogens with one attached hydrogen (secondary N) is 1. The lowest BCUT2D eigenvalue weighted by Gasteiger charge is -2.18. The van der Waals surface area contributed by atoms with Crippen LogP contribution in [0.15, 0.2) is 53.4 Å². The molecule has 0 fully saturated rings. The first-order chi connectivity index (χ1) is 10.2. The SMILES string of the molecule is CCNC(CSc1ccccc1Cl)Cc1ccc(I)cc1.